The van der Waals surface area contributed by atoms with E-state index >= 15 is 0 Å². The number of sulfone groups is 1. The summed E-state index contributed by atoms with van der Waals surface area (Å²) in [5.74, 6) is -0.388. The van der Waals surface area contributed by atoms with Gasteiger partial charge in [0.15, 0.2) is 14.9 Å². The summed E-state index contributed by atoms with van der Waals surface area (Å²) in [4.78, 5) is 12.0. The van der Waals surface area contributed by atoms with Gasteiger partial charge >= 0.3 is 5.97 Å². The number of carbonyl (C=O) groups is 1. The van der Waals surface area contributed by atoms with Gasteiger partial charge in [0.2, 0.25) is 0 Å². The van der Waals surface area contributed by atoms with Crippen molar-refractivity contribution in [3.05, 3.63) is 59.7 Å². The topological polar surface area (TPSA) is 84.5 Å². The molecule has 2 N–H and O–H groups in total. The molecule has 2 rings (SSSR count). The molecule has 0 aromatic heterocycles. The summed E-state index contributed by atoms with van der Waals surface area (Å²) in [5, 5.41) is 6.42. The minimum Gasteiger partial charge on any atom is -0.462 e. The van der Waals surface area contributed by atoms with Crippen LogP contribution in [0.5, 0.6) is 0 Å². The van der Waals surface area contributed by atoms with Crippen molar-refractivity contribution >= 4 is 38.8 Å². The summed E-state index contributed by atoms with van der Waals surface area (Å²) < 4.78 is 27.9. The van der Waals surface area contributed by atoms with Crippen molar-refractivity contribution in [3.63, 3.8) is 0 Å². The molecule has 0 aliphatic carbocycles. The predicted molar refractivity (Wildman–Crippen MR) is 105 cm³/mol. The minimum atomic E-state index is -3.20. The van der Waals surface area contributed by atoms with Gasteiger partial charge in [0.25, 0.3) is 0 Å². The number of hydrogen-bond donors (Lipinski definition) is 2. The Kier molecular flexibility index (Phi) is 6.70. The van der Waals surface area contributed by atoms with Crippen molar-refractivity contribution in [2.24, 2.45) is 0 Å². The van der Waals surface area contributed by atoms with Gasteiger partial charge in [0.05, 0.1) is 17.1 Å². The molecule has 2 aromatic rings. The van der Waals surface area contributed by atoms with E-state index in [0.29, 0.717) is 29.5 Å². The van der Waals surface area contributed by atoms with Gasteiger partial charge in [-0.25, -0.2) is 13.2 Å². The summed E-state index contributed by atoms with van der Waals surface area (Å²) in [7, 11) is -3.20. The molecule has 0 heterocycles. The summed E-state index contributed by atoms with van der Waals surface area (Å²) in [6.07, 6.45) is 1.17. The number of carbonyl (C=O) groups excluding carboxylic acids is 1. The Hall–Kier alpha value is -2.45. The second-order valence-corrected chi connectivity index (χ2v) is 7.95. The van der Waals surface area contributed by atoms with Crippen molar-refractivity contribution in [1.82, 2.24) is 5.32 Å². The average Bonchev–Trinajstić information content (AvgIpc) is 2.60. The molecule has 6 nitrogen and oxygen atoms in total. The minimum absolute atomic E-state index is 0.276. The Balaban J connectivity index is 1.93. The second-order valence-electron chi connectivity index (χ2n) is 5.53. The molecule has 0 aliphatic heterocycles. The molecule has 0 saturated carbocycles. The molecule has 0 atom stereocenters. The molecule has 8 heteroatoms. The number of benzene rings is 2. The van der Waals surface area contributed by atoms with Gasteiger partial charge in [0.1, 0.15) is 0 Å². The Bertz CT molecular complexity index is 894. The highest BCUT2D eigenvalue weighted by Crippen LogP contribution is 2.13. The molecule has 0 fully saturated rings. The number of esters is 1. The summed E-state index contributed by atoms with van der Waals surface area (Å²) in [6, 6.07) is 13.4. The third-order valence-electron chi connectivity index (χ3n) is 3.44. The fraction of sp³-hybridized carbons (Fsp3) is 0.222. The highest BCUT2D eigenvalue weighted by atomic mass is 32.2. The van der Waals surface area contributed by atoms with Crippen LogP contribution in [-0.2, 0) is 21.1 Å². The van der Waals surface area contributed by atoms with Crippen LogP contribution in [0.4, 0.5) is 5.69 Å². The van der Waals surface area contributed by atoms with Gasteiger partial charge in [-0.05, 0) is 55.0 Å². The summed E-state index contributed by atoms with van der Waals surface area (Å²) in [6.45, 7) is 2.50. The molecule has 26 heavy (non-hydrogen) atoms. The van der Waals surface area contributed by atoms with Crippen LogP contribution in [0.25, 0.3) is 0 Å². The Morgan fingerprint density at radius 2 is 1.85 bits per heavy atom. The number of ether oxygens (including phenoxy) is 1. The molecule has 138 valence electrons. The maximum atomic E-state index is 11.8. The molecule has 2 aromatic carbocycles. The first-order chi connectivity index (χ1) is 12.3. The Labute approximate surface area is 158 Å². The molecule has 0 radical (unpaired) electrons. The number of hydrogen-bond acceptors (Lipinski definition) is 5. The normalized spacial score (nSPS) is 10.8. The number of thiocarbonyl (C=S) groups is 1. The lowest BCUT2D eigenvalue weighted by atomic mass is 10.2. The van der Waals surface area contributed by atoms with Gasteiger partial charge in [-0.15, -0.1) is 0 Å². The molecule has 0 amide bonds. The summed E-state index contributed by atoms with van der Waals surface area (Å²) in [5.41, 5.74) is 2.00. The zero-order valence-electron chi connectivity index (χ0n) is 14.5. The van der Waals surface area contributed by atoms with Crippen LogP contribution in [-0.4, -0.2) is 32.4 Å². The van der Waals surface area contributed by atoms with Crippen molar-refractivity contribution in [2.75, 3.05) is 18.2 Å². The molecule has 0 unspecified atom stereocenters. The smallest absolute Gasteiger partial charge is 0.338 e. The van der Waals surface area contributed by atoms with Gasteiger partial charge in [-0.2, -0.15) is 0 Å². The zero-order valence-corrected chi connectivity index (χ0v) is 16.1. The van der Waals surface area contributed by atoms with Crippen LogP contribution in [0.3, 0.4) is 0 Å². The van der Waals surface area contributed by atoms with Crippen molar-refractivity contribution in [1.29, 1.82) is 0 Å². The van der Waals surface area contributed by atoms with E-state index < -0.39 is 9.84 Å². The highest BCUT2D eigenvalue weighted by Gasteiger charge is 2.08. The fourth-order valence-corrected chi connectivity index (χ4v) is 2.97. The van der Waals surface area contributed by atoms with Crippen LogP contribution in [0, 0.1) is 0 Å². The maximum Gasteiger partial charge on any atom is 0.338 e. The van der Waals surface area contributed by atoms with Crippen molar-refractivity contribution in [2.45, 2.75) is 18.4 Å². The monoisotopic (exact) mass is 392 g/mol. The van der Waals surface area contributed by atoms with Crippen LogP contribution < -0.4 is 10.6 Å². The van der Waals surface area contributed by atoms with Crippen LogP contribution in [0.1, 0.15) is 22.8 Å². The number of nitrogens with one attached hydrogen (secondary N) is 2. The maximum absolute atomic E-state index is 11.8. The van der Waals surface area contributed by atoms with Gasteiger partial charge in [-0.3, -0.25) is 0 Å². The quantitative estimate of drug-likeness (QED) is 0.578. The first-order valence-corrected chi connectivity index (χ1v) is 10.2. The number of anilines is 1. The van der Waals surface area contributed by atoms with E-state index in [-0.39, 0.29) is 10.9 Å². The van der Waals surface area contributed by atoms with Crippen LogP contribution >= 0.6 is 12.2 Å². The van der Waals surface area contributed by atoms with Crippen molar-refractivity contribution < 1.29 is 17.9 Å². The lowest BCUT2D eigenvalue weighted by Crippen LogP contribution is -2.28. The van der Waals surface area contributed by atoms with E-state index in [1.54, 1.807) is 55.5 Å². The zero-order chi connectivity index (χ0) is 19.2. The standard InChI is InChI=1S/C18H20N2O4S2/c1-3-24-17(21)14-5-4-6-15(11-14)20-18(25)19-12-13-7-9-16(10-8-13)26(2,22)23/h4-11H,3,12H2,1-2H3,(H2,19,20,25). The van der Waals surface area contributed by atoms with Crippen LogP contribution in [0.2, 0.25) is 0 Å². The largest absolute Gasteiger partial charge is 0.462 e. The van der Waals surface area contributed by atoms with E-state index in [0.717, 1.165) is 5.56 Å². The second kappa shape index (κ2) is 8.77. The van der Waals surface area contributed by atoms with Gasteiger partial charge in [-0.1, -0.05) is 18.2 Å². The fourth-order valence-electron chi connectivity index (χ4n) is 2.15. The van der Waals surface area contributed by atoms with Crippen LogP contribution in [0.15, 0.2) is 53.4 Å². The van der Waals surface area contributed by atoms with E-state index in [4.69, 9.17) is 17.0 Å². The lowest BCUT2D eigenvalue weighted by molar-refractivity contribution is 0.0526. The molecule has 0 spiro atoms. The molecular formula is C18H20N2O4S2. The molecule has 0 saturated heterocycles. The van der Waals surface area contributed by atoms with Gasteiger partial charge in [0, 0.05) is 18.5 Å². The first kappa shape index (κ1) is 19.9. The third-order valence-corrected chi connectivity index (χ3v) is 4.81. The first-order valence-electron chi connectivity index (χ1n) is 7.90. The number of rotatable bonds is 6. The molecule has 0 aliphatic rings. The molecular weight excluding hydrogens is 372 g/mol. The lowest BCUT2D eigenvalue weighted by Gasteiger charge is -2.12. The van der Waals surface area contributed by atoms with E-state index in [1.165, 1.54) is 6.26 Å². The Morgan fingerprint density at radius 3 is 2.46 bits per heavy atom. The predicted octanol–water partition coefficient (Wildman–Crippen LogP) is 2.75. The van der Waals surface area contributed by atoms with Gasteiger partial charge < -0.3 is 15.4 Å². The third kappa shape index (κ3) is 5.82. The average molecular weight is 393 g/mol. The highest BCUT2D eigenvalue weighted by molar-refractivity contribution is 7.90. The Morgan fingerprint density at radius 1 is 1.15 bits per heavy atom. The van der Waals surface area contributed by atoms with E-state index in [1.807, 2.05) is 0 Å². The SMILES string of the molecule is CCOC(=O)c1cccc(NC(=S)NCc2ccc(S(C)(=O)=O)cc2)c1. The van der Waals surface area contributed by atoms with E-state index in [2.05, 4.69) is 10.6 Å². The molecule has 0 bridgehead atoms. The van der Waals surface area contributed by atoms with Crippen molar-refractivity contribution in [3.8, 4) is 0 Å². The summed E-state index contributed by atoms with van der Waals surface area (Å²) >= 11 is 5.25. The van der Waals surface area contributed by atoms with E-state index in [9.17, 15) is 13.2 Å².